The van der Waals surface area contributed by atoms with Gasteiger partial charge in [0.1, 0.15) is 6.04 Å². The van der Waals surface area contributed by atoms with Crippen LogP contribution in [0.25, 0.3) is 0 Å². The number of benzene rings is 1. The minimum Gasteiger partial charge on any atom is -0.467 e. The summed E-state index contributed by atoms with van der Waals surface area (Å²) < 4.78 is 4.77. The first-order chi connectivity index (χ1) is 8.86. The molecule has 104 valence electrons. The second kappa shape index (κ2) is 6.36. The van der Waals surface area contributed by atoms with E-state index in [0.717, 1.165) is 16.7 Å². The van der Waals surface area contributed by atoms with Crippen molar-refractivity contribution in [2.24, 2.45) is 0 Å². The fraction of sp³-hybridized carbons (Fsp3) is 0.467. The summed E-state index contributed by atoms with van der Waals surface area (Å²) in [7, 11) is 1.33. The third-order valence-corrected chi connectivity index (χ3v) is 3.24. The highest BCUT2D eigenvalue weighted by Crippen LogP contribution is 2.24. The SMILES string of the molecule is COC(=O)[C@H](NC(C)=O)[C@@H](C)c1cc(C)ccc1C. The molecule has 0 bridgehead atoms. The number of amides is 1. The van der Waals surface area contributed by atoms with Crippen LogP contribution in [0.15, 0.2) is 18.2 Å². The standard InChI is InChI=1S/C15H21NO3/c1-9-6-7-10(2)13(8-9)11(3)14(15(18)19-5)16-12(4)17/h6-8,11,14H,1-5H3,(H,16,17)/t11-,14+/m0/s1. The van der Waals surface area contributed by atoms with E-state index in [1.54, 1.807) is 0 Å². The van der Waals surface area contributed by atoms with Crippen LogP contribution in [0, 0.1) is 13.8 Å². The topological polar surface area (TPSA) is 55.4 Å². The van der Waals surface area contributed by atoms with Gasteiger partial charge in [0.15, 0.2) is 0 Å². The molecule has 0 aromatic heterocycles. The van der Waals surface area contributed by atoms with Crippen molar-refractivity contribution in [2.45, 2.75) is 39.7 Å². The normalized spacial score (nSPS) is 13.5. The molecule has 19 heavy (non-hydrogen) atoms. The predicted octanol–water partition coefficient (Wildman–Crippen LogP) is 2.08. The zero-order valence-electron chi connectivity index (χ0n) is 12.1. The van der Waals surface area contributed by atoms with E-state index < -0.39 is 12.0 Å². The molecule has 0 aliphatic heterocycles. The van der Waals surface area contributed by atoms with Crippen molar-refractivity contribution < 1.29 is 14.3 Å². The molecule has 1 amide bonds. The maximum absolute atomic E-state index is 11.8. The number of aryl methyl sites for hydroxylation is 2. The first-order valence-electron chi connectivity index (χ1n) is 6.29. The van der Waals surface area contributed by atoms with Crippen molar-refractivity contribution in [3.05, 3.63) is 34.9 Å². The van der Waals surface area contributed by atoms with E-state index in [2.05, 4.69) is 5.32 Å². The van der Waals surface area contributed by atoms with Crippen molar-refractivity contribution in [3.8, 4) is 0 Å². The molecule has 0 saturated heterocycles. The van der Waals surface area contributed by atoms with E-state index in [1.807, 2.05) is 39.0 Å². The van der Waals surface area contributed by atoms with Crippen molar-refractivity contribution in [2.75, 3.05) is 7.11 Å². The van der Waals surface area contributed by atoms with Crippen LogP contribution in [0.5, 0.6) is 0 Å². The number of hydrogen-bond donors (Lipinski definition) is 1. The summed E-state index contributed by atoms with van der Waals surface area (Å²) in [6.45, 7) is 7.31. The number of rotatable bonds is 4. The smallest absolute Gasteiger partial charge is 0.328 e. The molecule has 4 nitrogen and oxygen atoms in total. The lowest BCUT2D eigenvalue weighted by Gasteiger charge is -2.24. The molecule has 0 aliphatic carbocycles. The molecule has 1 aromatic rings. The average molecular weight is 263 g/mol. The summed E-state index contributed by atoms with van der Waals surface area (Å²) >= 11 is 0. The minimum atomic E-state index is -0.664. The molecule has 0 aliphatic rings. The molecular formula is C15H21NO3. The van der Waals surface area contributed by atoms with E-state index in [1.165, 1.54) is 14.0 Å². The number of methoxy groups -OCH3 is 1. The summed E-state index contributed by atoms with van der Waals surface area (Å²) in [6.07, 6.45) is 0. The number of ether oxygens (including phenoxy) is 1. The Kier molecular flexibility index (Phi) is 5.10. The van der Waals surface area contributed by atoms with Crippen molar-refractivity contribution in [3.63, 3.8) is 0 Å². The maximum atomic E-state index is 11.8. The Balaban J connectivity index is 3.10. The molecule has 2 atom stereocenters. The number of carbonyl (C=O) groups excluding carboxylic acids is 2. The molecule has 0 fully saturated rings. The van der Waals surface area contributed by atoms with E-state index in [4.69, 9.17) is 4.74 Å². The lowest BCUT2D eigenvalue weighted by Crippen LogP contribution is -2.44. The lowest BCUT2D eigenvalue weighted by atomic mass is 9.89. The largest absolute Gasteiger partial charge is 0.467 e. The van der Waals surface area contributed by atoms with Gasteiger partial charge in [0.25, 0.3) is 0 Å². The highest BCUT2D eigenvalue weighted by Gasteiger charge is 2.28. The second-order valence-corrected chi connectivity index (χ2v) is 4.85. The van der Waals surface area contributed by atoms with Gasteiger partial charge in [0, 0.05) is 12.8 Å². The molecule has 1 N–H and O–H groups in total. The van der Waals surface area contributed by atoms with Crippen LogP contribution in [-0.2, 0) is 14.3 Å². The van der Waals surface area contributed by atoms with Gasteiger partial charge in [-0.2, -0.15) is 0 Å². The second-order valence-electron chi connectivity index (χ2n) is 4.85. The third kappa shape index (κ3) is 3.81. The maximum Gasteiger partial charge on any atom is 0.328 e. The quantitative estimate of drug-likeness (QED) is 0.846. The molecule has 0 saturated carbocycles. The van der Waals surface area contributed by atoms with Crippen molar-refractivity contribution in [1.82, 2.24) is 5.32 Å². The Labute approximate surface area is 114 Å². The summed E-state index contributed by atoms with van der Waals surface area (Å²) in [5.41, 5.74) is 3.26. The van der Waals surface area contributed by atoms with Crippen LogP contribution in [-0.4, -0.2) is 25.0 Å². The highest BCUT2D eigenvalue weighted by molar-refractivity contribution is 5.84. The van der Waals surface area contributed by atoms with Crippen molar-refractivity contribution in [1.29, 1.82) is 0 Å². The van der Waals surface area contributed by atoms with Crippen LogP contribution in [0.4, 0.5) is 0 Å². The van der Waals surface area contributed by atoms with Crippen LogP contribution in [0.3, 0.4) is 0 Å². The first kappa shape index (κ1) is 15.2. The summed E-state index contributed by atoms with van der Waals surface area (Å²) in [5.74, 6) is -0.813. The van der Waals surface area contributed by atoms with Gasteiger partial charge in [-0.1, -0.05) is 30.7 Å². The third-order valence-electron chi connectivity index (χ3n) is 3.24. The number of esters is 1. The van der Waals surface area contributed by atoms with Crippen molar-refractivity contribution >= 4 is 11.9 Å². The monoisotopic (exact) mass is 263 g/mol. The Morgan fingerprint density at radius 3 is 2.42 bits per heavy atom. The Morgan fingerprint density at radius 2 is 1.89 bits per heavy atom. The Hall–Kier alpha value is -1.84. The van der Waals surface area contributed by atoms with E-state index >= 15 is 0 Å². The molecule has 4 heteroatoms. The first-order valence-corrected chi connectivity index (χ1v) is 6.29. The summed E-state index contributed by atoms with van der Waals surface area (Å²) in [5, 5.41) is 2.66. The molecule has 0 heterocycles. The van der Waals surface area contributed by atoms with Gasteiger partial charge in [-0.3, -0.25) is 4.79 Å². The van der Waals surface area contributed by atoms with Gasteiger partial charge in [-0.15, -0.1) is 0 Å². The molecule has 0 spiro atoms. The van der Waals surface area contributed by atoms with Crippen LogP contribution in [0.1, 0.15) is 36.5 Å². The Bertz CT molecular complexity index is 482. The molecule has 1 rings (SSSR count). The van der Waals surface area contributed by atoms with Gasteiger partial charge in [0.2, 0.25) is 5.91 Å². The van der Waals surface area contributed by atoms with Crippen LogP contribution in [0.2, 0.25) is 0 Å². The van der Waals surface area contributed by atoms with Gasteiger partial charge in [-0.05, 0) is 25.0 Å². The zero-order chi connectivity index (χ0) is 14.6. The number of nitrogens with one attached hydrogen (secondary N) is 1. The van der Waals surface area contributed by atoms with Gasteiger partial charge >= 0.3 is 5.97 Å². The van der Waals surface area contributed by atoms with E-state index in [9.17, 15) is 9.59 Å². The number of carbonyl (C=O) groups is 2. The van der Waals surface area contributed by atoms with Gasteiger partial charge in [0.05, 0.1) is 7.11 Å². The molecule has 1 aromatic carbocycles. The lowest BCUT2D eigenvalue weighted by molar-refractivity contribution is -0.145. The molecule has 0 unspecified atom stereocenters. The van der Waals surface area contributed by atoms with E-state index in [-0.39, 0.29) is 11.8 Å². The fourth-order valence-corrected chi connectivity index (χ4v) is 2.16. The summed E-state index contributed by atoms with van der Waals surface area (Å²) in [4.78, 5) is 23.1. The minimum absolute atomic E-state index is 0.142. The van der Waals surface area contributed by atoms with Gasteiger partial charge in [-0.25, -0.2) is 4.79 Å². The predicted molar refractivity (Wildman–Crippen MR) is 74.0 cm³/mol. The van der Waals surface area contributed by atoms with Crippen LogP contribution >= 0.6 is 0 Å². The fourth-order valence-electron chi connectivity index (χ4n) is 2.16. The number of hydrogen-bond acceptors (Lipinski definition) is 3. The Morgan fingerprint density at radius 1 is 1.26 bits per heavy atom. The molecular weight excluding hydrogens is 242 g/mol. The van der Waals surface area contributed by atoms with Gasteiger partial charge < -0.3 is 10.1 Å². The van der Waals surface area contributed by atoms with Crippen LogP contribution < -0.4 is 5.32 Å². The zero-order valence-corrected chi connectivity index (χ0v) is 12.1. The molecule has 0 radical (unpaired) electrons. The average Bonchev–Trinajstić information content (AvgIpc) is 2.37. The van der Waals surface area contributed by atoms with E-state index in [0.29, 0.717) is 0 Å². The summed E-state index contributed by atoms with van der Waals surface area (Å²) in [6, 6.07) is 5.42. The highest BCUT2D eigenvalue weighted by atomic mass is 16.5.